The van der Waals surface area contributed by atoms with Gasteiger partial charge in [0.1, 0.15) is 6.07 Å². The molecule has 0 aliphatic heterocycles. The number of hydrogen-bond donors (Lipinski definition) is 0. The minimum atomic E-state index is 0.462. The second-order valence-electron chi connectivity index (χ2n) is 3.19. The fourth-order valence-electron chi connectivity index (χ4n) is 1.59. The lowest BCUT2D eigenvalue weighted by Gasteiger charge is -2.01. The smallest absolute Gasteiger partial charge is 0.101 e. The SMILES string of the molecule is Cc1cc(CCl)c2c(C#N)csc2c1. The van der Waals surface area contributed by atoms with E-state index in [1.807, 2.05) is 18.4 Å². The van der Waals surface area contributed by atoms with Gasteiger partial charge in [0.25, 0.3) is 0 Å². The van der Waals surface area contributed by atoms with Gasteiger partial charge in [-0.15, -0.1) is 22.9 Å². The minimum Gasteiger partial charge on any atom is -0.192 e. The standard InChI is InChI=1S/C11H8ClNS/c1-7-2-8(4-12)11-9(5-13)6-14-10(11)3-7/h2-3,6H,4H2,1H3. The molecule has 0 amide bonds. The van der Waals surface area contributed by atoms with Crippen LogP contribution in [-0.2, 0) is 5.88 Å². The molecule has 2 rings (SSSR count). The Labute approximate surface area is 91.5 Å². The number of hydrogen-bond acceptors (Lipinski definition) is 2. The molecule has 1 aromatic heterocycles. The van der Waals surface area contributed by atoms with Gasteiger partial charge >= 0.3 is 0 Å². The molecule has 1 heterocycles. The van der Waals surface area contributed by atoms with Crippen molar-refractivity contribution in [3.8, 4) is 6.07 Å². The number of nitrogens with zero attached hydrogens (tertiary/aromatic N) is 1. The molecule has 3 heteroatoms. The normalized spacial score (nSPS) is 10.4. The van der Waals surface area contributed by atoms with Crippen LogP contribution in [-0.4, -0.2) is 0 Å². The fourth-order valence-corrected chi connectivity index (χ4v) is 2.83. The molecule has 2 aromatic rings. The molecule has 0 spiro atoms. The van der Waals surface area contributed by atoms with Crippen molar-refractivity contribution in [1.29, 1.82) is 5.26 Å². The summed E-state index contributed by atoms with van der Waals surface area (Å²) < 4.78 is 1.15. The molecule has 0 aliphatic carbocycles. The second-order valence-corrected chi connectivity index (χ2v) is 4.37. The first-order chi connectivity index (χ1) is 6.76. The van der Waals surface area contributed by atoms with Gasteiger partial charge in [0.05, 0.1) is 5.56 Å². The van der Waals surface area contributed by atoms with Gasteiger partial charge in [-0.05, 0) is 24.1 Å². The maximum Gasteiger partial charge on any atom is 0.101 e. The molecule has 0 atom stereocenters. The maximum absolute atomic E-state index is 8.93. The van der Waals surface area contributed by atoms with Crippen molar-refractivity contribution in [2.45, 2.75) is 12.8 Å². The minimum absolute atomic E-state index is 0.462. The van der Waals surface area contributed by atoms with Gasteiger partial charge in [0.2, 0.25) is 0 Å². The number of halogens is 1. The topological polar surface area (TPSA) is 23.8 Å². The monoisotopic (exact) mass is 221 g/mol. The highest BCUT2D eigenvalue weighted by molar-refractivity contribution is 7.17. The zero-order valence-corrected chi connectivity index (χ0v) is 9.25. The molecule has 1 nitrogen and oxygen atoms in total. The van der Waals surface area contributed by atoms with E-state index < -0.39 is 0 Å². The lowest BCUT2D eigenvalue weighted by molar-refractivity contribution is 1.39. The molecule has 1 aromatic carbocycles. The molecule has 0 unspecified atom stereocenters. The summed E-state index contributed by atoms with van der Waals surface area (Å²) >= 11 is 7.46. The van der Waals surface area contributed by atoms with Crippen molar-refractivity contribution >= 4 is 33.0 Å². The molecular weight excluding hydrogens is 214 g/mol. The Balaban J connectivity index is 2.87. The van der Waals surface area contributed by atoms with Gasteiger partial charge in [-0.3, -0.25) is 0 Å². The number of rotatable bonds is 1. The van der Waals surface area contributed by atoms with E-state index in [0.29, 0.717) is 5.88 Å². The van der Waals surface area contributed by atoms with Crippen molar-refractivity contribution in [3.63, 3.8) is 0 Å². The Morgan fingerprint density at radius 1 is 1.50 bits per heavy atom. The number of fused-ring (bicyclic) bond motifs is 1. The Hall–Kier alpha value is -1.04. The molecule has 0 fully saturated rings. The Morgan fingerprint density at radius 3 is 2.93 bits per heavy atom. The van der Waals surface area contributed by atoms with E-state index in [4.69, 9.17) is 16.9 Å². The molecular formula is C11H8ClNS. The van der Waals surface area contributed by atoms with E-state index in [9.17, 15) is 0 Å². The van der Waals surface area contributed by atoms with Crippen LogP contribution in [0.15, 0.2) is 17.5 Å². The summed E-state index contributed by atoms with van der Waals surface area (Å²) in [6.07, 6.45) is 0. The van der Waals surface area contributed by atoms with Crippen molar-refractivity contribution in [1.82, 2.24) is 0 Å². The van der Waals surface area contributed by atoms with Gasteiger partial charge in [-0.1, -0.05) is 6.07 Å². The van der Waals surface area contributed by atoms with Crippen molar-refractivity contribution in [3.05, 3.63) is 34.2 Å². The van der Waals surface area contributed by atoms with E-state index >= 15 is 0 Å². The van der Waals surface area contributed by atoms with Crippen LogP contribution in [0.1, 0.15) is 16.7 Å². The van der Waals surface area contributed by atoms with E-state index in [1.165, 1.54) is 5.56 Å². The summed E-state index contributed by atoms with van der Waals surface area (Å²) in [6, 6.07) is 6.33. The molecule has 0 N–H and O–H groups in total. The van der Waals surface area contributed by atoms with E-state index in [-0.39, 0.29) is 0 Å². The van der Waals surface area contributed by atoms with E-state index in [1.54, 1.807) is 11.3 Å². The molecule has 0 radical (unpaired) electrons. The van der Waals surface area contributed by atoms with Crippen LogP contribution in [0.3, 0.4) is 0 Å². The Morgan fingerprint density at radius 2 is 2.29 bits per heavy atom. The first-order valence-electron chi connectivity index (χ1n) is 4.23. The molecule has 0 saturated carbocycles. The van der Waals surface area contributed by atoms with Crippen LogP contribution in [0.4, 0.5) is 0 Å². The zero-order chi connectivity index (χ0) is 10.1. The number of thiophene rings is 1. The summed E-state index contributed by atoms with van der Waals surface area (Å²) in [5.41, 5.74) is 2.99. The van der Waals surface area contributed by atoms with Crippen LogP contribution in [0.2, 0.25) is 0 Å². The maximum atomic E-state index is 8.93. The first kappa shape index (κ1) is 9.51. The van der Waals surface area contributed by atoms with Gasteiger partial charge in [-0.25, -0.2) is 0 Å². The fraction of sp³-hybridized carbons (Fsp3) is 0.182. The van der Waals surface area contributed by atoms with Crippen LogP contribution in [0.25, 0.3) is 10.1 Å². The van der Waals surface area contributed by atoms with Gasteiger partial charge < -0.3 is 0 Å². The van der Waals surface area contributed by atoms with Crippen molar-refractivity contribution in [2.75, 3.05) is 0 Å². The first-order valence-corrected chi connectivity index (χ1v) is 5.64. The Kier molecular flexibility index (Phi) is 2.45. The summed E-state index contributed by atoms with van der Waals surface area (Å²) in [5.74, 6) is 0.462. The van der Waals surface area contributed by atoms with Gasteiger partial charge in [0.15, 0.2) is 0 Å². The number of aryl methyl sites for hydroxylation is 1. The predicted octanol–water partition coefficient (Wildman–Crippen LogP) is 3.82. The summed E-state index contributed by atoms with van der Waals surface area (Å²) in [7, 11) is 0. The Bertz CT molecular complexity index is 522. The number of nitriles is 1. The number of benzene rings is 1. The summed E-state index contributed by atoms with van der Waals surface area (Å²) in [4.78, 5) is 0. The molecule has 0 saturated heterocycles. The molecule has 14 heavy (non-hydrogen) atoms. The number of alkyl halides is 1. The van der Waals surface area contributed by atoms with E-state index in [2.05, 4.69) is 12.1 Å². The average molecular weight is 222 g/mol. The quantitative estimate of drug-likeness (QED) is 0.672. The summed E-state index contributed by atoms with van der Waals surface area (Å²) in [5, 5.41) is 11.8. The second kappa shape index (κ2) is 3.61. The van der Waals surface area contributed by atoms with Gasteiger partial charge in [-0.2, -0.15) is 5.26 Å². The third kappa shape index (κ3) is 1.39. The van der Waals surface area contributed by atoms with Crippen LogP contribution in [0, 0.1) is 18.3 Å². The van der Waals surface area contributed by atoms with Crippen LogP contribution in [0.5, 0.6) is 0 Å². The zero-order valence-electron chi connectivity index (χ0n) is 7.67. The lowest BCUT2D eigenvalue weighted by Crippen LogP contribution is -1.83. The van der Waals surface area contributed by atoms with Crippen LogP contribution >= 0.6 is 22.9 Å². The van der Waals surface area contributed by atoms with Gasteiger partial charge in [0, 0.05) is 21.3 Å². The molecule has 70 valence electrons. The highest BCUT2D eigenvalue weighted by atomic mass is 35.5. The lowest BCUT2D eigenvalue weighted by atomic mass is 10.1. The highest BCUT2D eigenvalue weighted by Gasteiger charge is 2.08. The molecule has 0 aliphatic rings. The van der Waals surface area contributed by atoms with E-state index in [0.717, 1.165) is 21.2 Å². The third-order valence-electron chi connectivity index (χ3n) is 2.17. The van der Waals surface area contributed by atoms with Crippen molar-refractivity contribution in [2.24, 2.45) is 0 Å². The van der Waals surface area contributed by atoms with Crippen LogP contribution < -0.4 is 0 Å². The summed E-state index contributed by atoms with van der Waals surface area (Å²) in [6.45, 7) is 2.04. The van der Waals surface area contributed by atoms with Crippen molar-refractivity contribution < 1.29 is 0 Å². The average Bonchev–Trinajstić information content (AvgIpc) is 2.59. The molecule has 0 bridgehead atoms. The predicted molar refractivity (Wildman–Crippen MR) is 60.8 cm³/mol. The third-order valence-corrected chi connectivity index (χ3v) is 3.38. The largest absolute Gasteiger partial charge is 0.192 e. The highest BCUT2D eigenvalue weighted by Crippen LogP contribution is 2.30.